The first kappa shape index (κ1) is 21.4. The molecule has 0 atom stereocenters. The molecule has 5 nitrogen and oxygen atoms in total. The van der Waals surface area contributed by atoms with Crippen LogP contribution in [0, 0.1) is 12.7 Å². The second kappa shape index (κ2) is 10.5. The zero-order valence-electron chi connectivity index (χ0n) is 16.4. The summed E-state index contributed by atoms with van der Waals surface area (Å²) in [7, 11) is 0. The van der Waals surface area contributed by atoms with Crippen molar-refractivity contribution in [1.29, 1.82) is 0 Å². The third-order valence-corrected chi connectivity index (χ3v) is 5.27. The van der Waals surface area contributed by atoms with E-state index in [0.29, 0.717) is 27.7 Å². The van der Waals surface area contributed by atoms with Gasteiger partial charge in [0.15, 0.2) is 0 Å². The monoisotopic (exact) mass is 423 g/mol. The average Bonchev–Trinajstić information content (AvgIpc) is 2.72. The number of anilines is 3. The maximum Gasteiger partial charge on any atom is 0.323 e. The number of hydrogen-bond donors (Lipinski definition) is 3. The van der Waals surface area contributed by atoms with Crippen molar-refractivity contribution in [3.8, 4) is 0 Å². The largest absolute Gasteiger partial charge is 0.326 e. The number of urea groups is 1. The van der Waals surface area contributed by atoms with E-state index in [1.165, 1.54) is 17.8 Å². The van der Waals surface area contributed by atoms with Crippen molar-refractivity contribution >= 4 is 40.8 Å². The third-order valence-electron chi connectivity index (χ3n) is 4.22. The zero-order valence-corrected chi connectivity index (χ0v) is 17.3. The summed E-state index contributed by atoms with van der Waals surface area (Å²) in [5.41, 5.74) is 2.74. The lowest BCUT2D eigenvalue weighted by molar-refractivity contribution is -0.115. The zero-order chi connectivity index (χ0) is 21.3. The Bertz CT molecular complexity index is 1030. The summed E-state index contributed by atoms with van der Waals surface area (Å²) in [6, 6.07) is 20.5. The van der Waals surface area contributed by atoms with Gasteiger partial charge in [-0.25, -0.2) is 9.18 Å². The molecule has 0 saturated carbocycles. The number of carbonyl (C=O) groups excluding carboxylic acids is 2. The fraction of sp³-hybridized carbons (Fsp3) is 0.130. The van der Waals surface area contributed by atoms with Crippen molar-refractivity contribution in [3.05, 3.63) is 84.2 Å². The molecule has 30 heavy (non-hydrogen) atoms. The Balaban J connectivity index is 1.53. The number of benzene rings is 3. The Kier molecular flexibility index (Phi) is 7.45. The minimum atomic E-state index is -0.372. The van der Waals surface area contributed by atoms with Crippen LogP contribution in [-0.2, 0) is 4.79 Å². The highest BCUT2D eigenvalue weighted by atomic mass is 32.2. The van der Waals surface area contributed by atoms with Gasteiger partial charge in [0.2, 0.25) is 5.91 Å². The lowest BCUT2D eigenvalue weighted by atomic mass is 10.1. The summed E-state index contributed by atoms with van der Waals surface area (Å²) in [4.78, 5) is 25.0. The lowest BCUT2D eigenvalue weighted by Crippen LogP contribution is -2.19. The van der Waals surface area contributed by atoms with Crippen LogP contribution in [0.4, 0.5) is 26.2 Å². The molecule has 0 aliphatic carbocycles. The van der Waals surface area contributed by atoms with Crippen LogP contribution in [0.25, 0.3) is 0 Å². The van der Waals surface area contributed by atoms with E-state index >= 15 is 0 Å². The molecule has 3 rings (SSSR count). The number of nitrogens with one attached hydrogen (secondary N) is 3. The molecule has 0 spiro atoms. The van der Waals surface area contributed by atoms with E-state index in [0.717, 1.165) is 5.56 Å². The molecular formula is C23H22FN3O2S. The predicted octanol–water partition coefficient (Wildman–Crippen LogP) is 5.90. The summed E-state index contributed by atoms with van der Waals surface area (Å²) in [6.07, 6.45) is 0.241. The molecule has 0 saturated heterocycles. The molecule has 3 aromatic carbocycles. The van der Waals surface area contributed by atoms with Gasteiger partial charge in [-0.05, 0) is 48.9 Å². The quantitative estimate of drug-likeness (QED) is 0.415. The Morgan fingerprint density at radius 3 is 2.33 bits per heavy atom. The molecule has 0 aliphatic heterocycles. The topological polar surface area (TPSA) is 70.2 Å². The Morgan fingerprint density at radius 2 is 1.57 bits per heavy atom. The van der Waals surface area contributed by atoms with Crippen molar-refractivity contribution in [2.24, 2.45) is 0 Å². The highest BCUT2D eigenvalue weighted by Gasteiger charge is 2.09. The van der Waals surface area contributed by atoms with E-state index in [-0.39, 0.29) is 24.2 Å². The van der Waals surface area contributed by atoms with Crippen molar-refractivity contribution in [2.45, 2.75) is 18.2 Å². The van der Waals surface area contributed by atoms with Crippen LogP contribution in [0.1, 0.15) is 12.0 Å². The molecule has 3 aromatic rings. The summed E-state index contributed by atoms with van der Waals surface area (Å²) in [5.74, 6) is 0.00241. The number of para-hydroxylation sites is 1. The molecular weight excluding hydrogens is 401 g/mol. The van der Waals surface area contributed by atoms with Gasteiger partial charge in [-0.1, -0.05) is 36.4 Å². The number of hydrogen-bond acceptors (Lipinski definition) is 3. The fourth-order valence-corrected chi connectivity index (χ4v) is 3.57. The van der Waals surface area contributed by atoms with Crippen molar-refractivity contribution in [1.82, 2.24) is 0 Å². The minimum Gasteiger partial charge on any atom is -0.326 e. The van der Waals surface area contributed by atoms with Gasteiger partial charge in [-0.3, -0.25) is 4.79 Å². The van der Waals surface area contributed by atoms with Crippen molar-refractivity contribution in [3.63, 3.8) is 0 Å². The second-order valence-electron chi connectivity index (χ2n) is 6.55. The van der Waals surface area contributed by atoms with E-state index < -0.39 is 0 Å². The Morgan fingerprint density at radius 1 is 0.867 bits per heavy atom. The Hall–Kier alpha value is -3.32. The van der Waals surface area contributed by atoms with Crippen LogP contribution < -0.4 is 16.0 Å². The molecule has 0 unspecified atom stereocenters. The number of aryl methyl sites for hydroxylation is 1. The standard InChI is InChI=1S/C23H22FN3O2S/c1-16-11-12-18(26-23(29)25-17-7-3-2-4-8-17)15-20(16)27-22(28)13-14-30-21-10-6-5-9-19(21)24/h2-12,15H,13-14H2,1H3,(H,27,28)(H2,25,26,29). The molecule has 154 valence electrons. The average molecular weight is 424 g/mol. The molecule has 3 N–H and O–H groups in total. The predicted molar refractivity (Wildman–Crippen MR) is 121 cm³/mol. The molecule has 0 radical (unpaired) electrons. The number of halogens is 1. The highest BCUT2D eigenvalue weighted by molar-refractivity contribution is 7.99. The van der Waals surface area contributed by atoms with Gasteiger partial charge in [0.25, 0.3) is 0 Å². The van der Waals surface area contributed by atoms with Gasteiger partial charge in [-0.15, -0.1) is 11.8 Å². The van der Waals surface area contributed by atoms with Crippen molar-refractivity contribution < 1.29 is 14.0 Å². The molecule has 0 aliphatic rings. The number of rotatable bonds is 7. The molecule has 0 aromatic heterocycles. The van der Waals surface area contributed by atoms with Crippen LogP contribution >= 0.6 is 11.8 Å². The first-order chi connectivity index (χ1) is 14.5. The molecule has 0 bridgehead atoms. The normalized spacial score (nSPS) is 10.3. The van der Waals surface area contributed by atoms with E-state index in [1.54, 1.807) is 42.5 Å². The summed E-state index contributed by atoms with van der Waals surface area (Å²) in [5, 5.41) is 8.35. The Labute approximate surface area is 179 Å². The fourth-order valence-electron chi connectivity index (χ4n) is 2.68. The van der Waals surface area contributed by atoms with Crippen LogP contribution in [0.3, 0.4) is 0 Å². The van der Waals surface area contributed by atoms with E-state index in [2.05, 4.69) is 16.0 Å². The summed E-state index contributed by atoms with van der Waals surface area (Å²) < 4.78 is 13.6. The molecule has 0 fully saturated rings. The van der Waals surface area contributed by atoms with Gasteiger partial charge in [0, 0.05) is 34.1 Å². The maximum absolute atomic E-state index is 13.6. The molecule has 7 heteroatoms. The van der Waals surface area contributed by atoms with Gasteiger partial charge >= 0.3 is 6.03 Å². The van der Waals surface area contributed by atoms with Gasteiger partial charge in [0.1, 0.15) is 5.82 Å². The summed E-state index contributed by atoms with van der Waals surface area (Å²) in [6.45, 7) is 1.87. The van der Waals surface area contributed by atoms with Gasteiger partial charge < -0.3 is 16.0 Å². The summed E-state index contributed by atoms with van der Waals surface area (Å²) >= 11 is 1.30. The first-order valence-corrected chi connectivity index (χ1v) is 10.4. The van der Waals surface area contributed by atoms with Crippen LogP contribution in [0.5, 0.6) is 0 Å². The van der Waals surface area contributed by atoms with Crippen molar-refractivity contribution in [2.75, 3.05) is 21.7 Å². The highest BCUT2D eigenvalue weighted by Crippen LogP contribution is 2.23. The van der Waals surface area contributed by atoms with E-state index in [1.807, 2.05) is 31.2 Å². The third kappa shape index (κ3) is 6.35. The number of carbonyl (C=O) groups is 2. The maximum atomic E-state index is 13.6. The van der Waals surface area contributed by atoms with Gasteiger partial charge in [-0.2, -0.15) is 0 Å². The second-order valence-corrected chi connectivity index (χ2v) is 7.69. The van der Waals surface area contributed by atoms with Crippen LogP contribution in [0.15, 0.2) is 77.7 Å². The minimum absolute atomic E-state index is 0.173. The van der Waals surface area contributed by atoms with E-state index in [9.17, 15) is 14.0 Å². The van der Waals surface area contributed by atoms with Crippen LogP contribution in [0.2, 0.25) is 0 Å². The van der Waals surface area contributed by atoms with Gasteiger partial charge in [0.05, 0.1) is 0 Å². The molecule has 0 heterocycles. The number of amides is 3. The number of thioether (sulfide) groups is 1. The van der Waals surface area contributed by atoms with Crippen LogP contribution in [-0.4, -0.2) is 17.7 Å². The SMILES string of the molecule is Cc1ccc(NC(=O)Nc2ccccc2)cc1NC(=O)CCSc1ccccc1F. The molecule has 3 amide bonds. The lowest BCUT2D eigenvalue weighted by Gasteiger charge is -2.12. The first-order valence-electron chi connectivity index (χ1n) is 9.42. The smallest absolute Gasteiger partial charge is 0.323 e. The van der Waals surface area contributed by atoms with E-state index in [4.69, 9.17) is 0 Å².